The Bertz CT molecular complexity index is 799. The molecule has 2 rings (SSSR count). The molecule has 0 aromatic heterocycles. The van der Waals surface area contributed by atoms with Crippen LogP contribution in [0.3, 0.4) is 0 Å². The Morgan fingerprint density at radius 3 is 2.38 bits per heavy atom. The van der Waals surface area contributed by atoms with Gasteiger partial charge >= 0.3 is 21.7 Å². The standard InChI is InChI=1S/C16H20F3NO5S/c1-15(2,3)12-9-20(14(21)22)8-7-11-10(12)5-4-6-13(11)25-26(23,24)16(17,18)19/h4-6,12H,7-9H2,1-3H3,(H,21,22). The molecule has 1 aliphatic rings. The van der Waals surface area contributed by atoms with Crippen molar-refractivity contribution in [1.82, 2.24) is 4.90 Å². The zero-order valence-electron chi connectivity index (χ0n) is 14.5. The molecular weight excluding hydrogens is 375 g/mol. The van der Waals surface area contributed by atoms with Crippen molar-refractivity contribution >= 4 is 16.2 Å². The van der Waals surface area contributed by atoms with E-state index >= 15 is 0 Å². The Hall–Kier alpha value is -1.97. The fraction of sp³-hybridized carbons (Fsp3) is 0.562. The number of carbonyl (C=O) groups is 1. The predicted molar refractivity (Wildman–Crippen MR) is 87.5 cm³/mol. The lowest BCUT2D eigenvalue weighted by molar-refractivity contribution is -0.0500. The van der Waals surface area contributed by atoms with Crippen LogP contribution in [0.25, 0.3) is 0 Å². The molecule has 0 aliphatic carbocycles. The number of carboxylic acid groups (broad SMARTS) is 1. The molecule has 0 fully saturated rings. The maximum atomic E-state index is 12.7. The number of hydrogen-bond donors (Lipinski definition) is 1. The maximum absolute atomic E-state index is 12.7. The number of amides is 1. The van der Waals surface area contributed by atoms with E-state index in [9.17, 15) is 31.5 Å². The molecule has 1 aliphatic heterocycles. The summed E-state index contributed by atoms with van der Waals surface area (Å²) < 4.78 is 65.1. The number of hydrogen-bond acceptors (Lipinski definition) is 4. The number of alkyl halides is 3. The summed E-state index contributed by atoms with van der Waals surface area (Å²) in [6.45, 7) is 5.83. The van der Waals surface area contributed by atoms with Crippen molar-refractivity contribution in [3.8, 4) is 5.75 Å². The summed E-state index contributed by atoms with van der Waals surface area (Å²) in [5.41, 5.74) is -5.08. The molecule has 1 aromatic carbocycles. The Kier molecular flexibility index (Phi) is 5.19. The van der Waals surface area contributed by atoms with E-state index in [2.05, 4.69) is 4.18 Å². The van der Waals surface area contributed by atoms with Gasteiger partial charge in [-0.1, -0.05) is 32.9 Å². The van der Waals surface area contributed by atoms with Gasteiger partial charge in [-0.05, 0) is 23.5 Å². The Morgan fingerprint density at radius 1 is 1.27 bits per heavy atom. The molecular formula is C16H20F3NO5S. The lowest BCUT2D eigenvalue weighted by Gasteiger charge is -2.33. The van der Waals surface area contributed by atoms with Gasteiger partial charge in [0.25, 0.3) is 0 Å². The first-order valence-electron chi connectivity index (χ1n) is 7.84. The highest BCUT2D eigenvalue weighted by Crippen LogP contribution is 2.42. The van der Waals surface area contributed by atoms with Gasteiger partial charge in [0, 0.05) is 24.6 Å². The van der Waals surface area contributed by atoms with E-state index in [1.807, 2.05) is 20.8 Å². The lowest BCUT2D eigenvalue weighted by Crippen LogP contribution is -2.36. The highest BCUT2D eigenvalue weighted by molar-refractivity contribution is 7.88. The highest BCUT2D eigenvalue weighted by atomic mass is 32.2. The van der Waals surface area contributed by atoms with Crippen LogP contribution < -0.4 is 4.18 Å². The Balaban J connectivity index is 2.55. The first-order valence-corrected chi connectivity index (χ1v) is 9.25. The van der Waals surface area contributed by atoms with E-state index in [0.717, 1.165) is 6.07 Å². The van der Waals surface area contributed by atoms with Crippen molar-refractivity contribution in [1.29, 1.82) is 0 Å². The smallest absolute Gasteiger partial charge is 0.465 e. The topological polar surface area (TPSA) is 83.9 Å². The molecule has 6 nitrogen and oxygen atoms in total. The zero-order chi connectivity index (χ0) is 19.9. The molecule has 1 unspecified atom stereocenters. The molecule has 0 spiro atoms. The molecule has 0 saturated heterocycles. The van der Waals surface area contributed by atoms with E-state index in [1.54, 1.807) is 6.07 Å². The number of benzene rings is 1. The third kappa shape index (κ3) is 4.05. The van der Waals surface area contributed by atoms with Crippen LogP contribution in [0.4, 0.5) is 18.0 Å². The van der Waals surface area contributed by atoms with Crippen LogP contribution in [0.1, 0.15) is 37.8 Å². The molecule has 1 heterocycles. The summed E-state index contributed by atoms with van der Waals surface area (Å²) in [5, 5.41) is 9.34. The van der Waals surface area contributed by atoms with Crippen molar-refractivity contribution in [2.24, 2.45) is 5.41 Å². The second-order valence-corrected chi connectivity index (χ2v) is 8.74. The molecule has 1 atom stereocenters. The fourth-order valence-electron chi connectivity index (χ4n) is 2.99. The van der Waals surface area contributed by atoms with E-state index in [-0.39, 0.29) is 31.0 Å². The summed E-state index contributed by atoms with van der Waals surface area (Å²) in [4.78, 5) is 12.6. The summed E-state index contributed by atoms with van der Waals surface area (Å²) >= 11 is 0. The first kappa shape index (κ1) is 20.3. The largest absolute Gasteiger partial charge is 0.534 e. The molecule has 0 bridgehead atoms. The van der Waals surface area contributed by atoms with Gasteiger partial charge in [-0.3, -0.25) is 0 Å². The normalized spacial score (nSPS) is 18.8. The molecule has 146 valence electrons. The van der Waals surface area contributed by atoms with Crippen molar-refractivity contribution in [2.45, 2.75) is 38.6 Å². The van der Waals surface area contributed by atoms with Gasteiger partial charge in [-0.15, -0.1) is 0 Å². The van der Waals surface area contributed by atoms with Gasteiger partial charge in [0.1, 0.15) is 5.75 Å². The van der Waals surface area contributed by atoms with Gasteiger partial charge < -0.3 is 14.2 Å². The maximum Gasteiger partial charge on any atom is 0.534 e. The SMILES string of the molecule is CC(C)(C)C1CN(C(=O)O)CCc2c(OS(=O)(=O)C(F)(F)F)cccc21. The van der Waals surface area contributed by atoms with Crippen LogP contribution in [-0.2, 0) is 16.5 Å². The van der Waals surface area contributed by atoms with Gasteiger partial charge in [0.15, 0.2) is 0 Å². The van der Waals surface area contributed by atoms with Gasteiger partial charge in [0.2, 0.25) is 0 Å². The van der Waals surface area contributed by atoms with Gasteiger partial charge in [-0.2, -0.15) is 21.6 Å². The van der Waals surface area contributed by atoms with E-state index in [1.165, 1.54) is 11.0 Å². The third-order valence-corrected chi connectivity index (χ3v) is 5.34. The van der Waals surface area contributed by atoms with Gasteiger partial charge in [-0.25, -0.2) is 4.79 Å². The molecule has 1 N–H and O–H groups in total. The summed E-state index contributed by atoms with van der Waals surface area (Å²) in [6, 6.07) is 4.23. The zero-order valence-corrected chi connectivity index (χ0v) is 15.3. The number of fused-ring (bicyclic) bond motifs is 1. The fourth-order valence-corrected chi connectivity index (χ4v) is 3.48. The molecule has 26 heavy (non-hydrogen) atoms. The summed E-state index contributed by atoms with van der Waals surface area (Å²) in [5.74, 6) is -0.755. The van der Waals surface area contributed by atoms with Crippen LogP contribution in [0, 0.1) is 5.41 Å². The van der Waals surface area contributed by atoms with Crippen molar-refractivity contribution in [3.05, 3.63) is 29.3 Å². The highest BCUT2D eigenvalue weighted by Gasteiger charge is 2.49. The van der Waals surface area contributed by atoms with Crippen LogP contribution in [-0.4, -0.2) is 43.1 Å². The van der Waals surface area contributed by atoms with Crippen LogP contribution in [0.5, 0.6) is 5.75 Å². The molecule has 0 radical (unpaired) electrons. The molecule has 10 heteroatoms. The number of nitrogens with zero attached hydrogens (tertiary/aromatic N) is 1. The molecule has 1 amide bonds. The van der Waals surface area contributed by atoms with E-state index in [4.69, 9.17) is 0 Å². The van der Waals surface area contributed by atoms with Crippen LogP contribution >= 0.6 is 0 Å². The number of rotatable bonds is 2. The van der Waals surface area contributed by atoms with Crippen molar-refractivity contribution < 1.29 is 35.7 Å². The quantitative estimate of drug-likeness (QED) is 0.611. The van der Waals surface area contributed by atoms with E-state index in [0.29, 0.717) is 5.56 Å². The minimum absolute atomic E-state index is 0.0291. The summed E-state index contributed by atoms with van der Waals surface area (Å²) in [7, 11) is -5.81. The third-order valence-electron chi connectivity index (χ3n) is 4.38. The minimum atomic E-state index is -5.81. The lowest BCUT2D eigenvalue weighted by atomic mass is 9.75. The molecule has 1 aromatic rings. The van der Waals surface area contributed by atoms with Crippen molar-refractivity contribution in [3.63, 3.8) is 0 Å². The average molecular weight is 395 g/mol. The monoisotopic (exact) mass is 395 g/mol. The average Bonchev–Trinajstić information content (AvgIpc) is 2.65. The van der Waals surface area contributed by atoms with Crippen molar-refractivity contribution in [2.75, 3.05) is 13.1 Å². The van der Waals surface area contributed by atoms with Gasteiger partial charge in [0.05, 0.1) is 0 Å². The second kappa shape index (κ2) is 6.64. The Labute approximate surface area is 149 Å². The van der Waals surface area contributed by atoms with Crippen LogP contribution in [0.2, 0.25) is 0 Å². The van der Waals surface area contributed by atoms with E-state index < -0.39 is 32.9 Å². The Morgan fingerprint density at radius 2 is 1.88 bits per heavy atom. The first-order chi connectivity index (χ1) is 11.7. The van der Waals surface area contributed by atoms with Crippen LogP contribution in [0.15, 0.2) is 18.2 Å². The number of halogens is 3. The second-order valence-electron chi connectivity index (χ2n) is 7.20. The minimum Gasteiger partial charge on any atom is -0.465 e. The molecule has 0 saturated carbocycles. The summed E-state index contributed by atoms with van der Waals surface area (Å²) in [6.07, 6.45) is -1.09. The predicted octanol–water partition coefficient (Wildman–Crippen LogP) is 3.58.